The van der Waals surface area contributed by atoms with E-state index in [-0.39, 0.29) is 11.8 Å². The largest absolute Gasteiger partial charge is 0.339 e. The minimum atomic E-state index is -0.196. The lowest BCUT2D eigenvalue weighted by atomic mass is 10.1. The molecule has 0 unspecified atom stereocenters. The molecule has 0 saturated heterocycles. The highest BCUT2D eigenvalue weighted by Crippen LogP contribution is 2.20. The van der Waals surface area contributed by atoms with Crippen molar-refractivity contribution in [3.05, 3.63) is 63.6 Å². The molecule has 2 rings (SSSR count). The van der Waals surface area contributed by atoms with Crippen LogP contribution < -0.4 is 5.32 Å². The maximum atomic E-state index is 12.3. The Morgan fingerprint density at radius 1 is 1.00 bits per heavy atom. The van der Waals surface area contributed by atoms with E-state index in [0.717, 1.165) is 15.7 Å². The average Bonchev–Trinajstić information content (AvgIpc) is 2.59. The van der Waals surface area contributed by atoms with Gasteiger partial charge in [-0.25, -0.2) is 0 Å². The van der Waals surface area contributed by atoms with Gasteiger partial charge in [-0.05, 0) is 68.8 Å². The Morgan fingerprint density at radius 2 is 1.58 bits per heavy atom. The van der Waals surface area contributed by atoms with Gasteiger partial charge in [-0.15, -0.1) is 0 Å². The molecule has 1 N–H and O–H groups in total. The molecule has 2 aromatic rings. The molecule has 24 heavy (non-hydrogen) atoms. The summed E-state index contributed by atoms with van der Waals surface area (Å²) in [6.45, 7) is 7.20. The second kappa shape index (κ2) is 8.11. The molecule has 0 atom stereocenters. The lowest BCUT2D eigenvalue weighted by molar-refractivity contribution is 0.0772. The monoisotopic (exact) mass is 388 g/mol. The average molecular weight is 389 g/mol. The molecule has 2 amide bonds. The highest BCUT2D eigenvalue weighted by Gasteiger charge is 2.13. The molecule has 0 saturated carbocycles. The summed E-state index contributed by atoms with van der Waals surface area (Å²) in [5.74, 6) is -0.214. The fourth-order valence-electron chi connectivity index (χ4n) is 2.38. The van der Waals surface area contributed by atoms with Gasteiger partial charge in [0.25, 0.3) is 11.8 Å². The highest BCUT2D eigenvalue weighted by atomic mass is 79.9. The third-order valence-corrected chi connectivity index (χ3v) is 4.75. The molecular weight excluding hydrogens is 368 g/mol. The van der Waals surface area contributed by atoms with Gasteiger partial charge in [0.15, 0.2) is 0 Å². The van der Waals surface area contributed by atoms with Crippen molar-refractivity contribution in [3.8, 4) is 0 Å². The summed E-state index contributed by atoms with van der Waals surface area (Å²) in [5.41, 5.74) is 2.90. The number of hydrogen-bond donors (Lipinski definition) is 1. The van der Waals surface area contributed by atoms with E-state index in [1.807, 2.05) is 39.0 Å². The maximum absolute atomic E-state index is 12.3. The van der Waals surface area contributed by atoms with Gasteiger partial charge < -0.3 is 10.2 Å². The molecule has 0 bridgehead atoms. The molecular formula is C19H21BrN2O2. The molecule has 126 valence electrons. The van der Waals surface area contributed by atoms with Crippen molar-refractivity contribution in [1.82, 2.24) is 4.90 Å². The number of rotatable bonds is 5. The third kappa shape index (κ3) is 4.23. The number of amides is 2. The van der Waals surface area contributed by atoms with E-state index in [9.17, 15) is 9.59 Å². The molecule has 0 fully saturated rings. The molecule has 5 heteroatoms. The van der Waals surface area contributed by atoms with Crippen LogP contribution in [0.3, 0.4) is 0 Å². The molecule has 0 aromatic heterocycles. The number of aryl methyl sites for hydroxylation is 1. The second-order valence-electron chi connectivity index (χ2n) is 5.47. The first-order valence-corrected chi connectivity index (χ1v) is 8.72. The first-order chi connectivity index (χ1) is 11.5. The predicted molar refractivity (Wildman–Crippen MR) is 101 cm³/mol. The number of nitrogens with one attached hydrogen (secondary N) is 1. The Hall–Kier alpha value is -2.14. The van der Waals surface area contributed by atoms with Crippen LogP contribution in [0.5, 0.6) is 0 Å². The van der Waals surface area contributed by atoms with Gasteiger partial charge in [0, 0.05) is 34.4 Å². The molecule has 2 aromatic carbocycles. The van der Waals surface area contributed by atoms with Crippen LogP contribution in [0, 0.1) is 6.92 Å². The summed E-state index contributed by atoms with van der Waals surface area (Å²) >= 11 is 3.44. The molecule has 0 aliphatic heterocycles. The Balaban J connectivity index is 2.11. The standard InChI is InChI=1S/C19H21BrN2O2/c1-4-22(5-2)19(24)15-8-6-14(7-9-15)18(23)21-16-10-11-17(20)13(3)12-16/h6-12H,4-5H2,1-3H3,(H,21,23). The number of carbonyl (C=O) groups excluding carboxylic acids is 2. The molecule has 0 radical (unpaired) electrons. The Labute approximate surface area is 151 Å². The Bertz CT molecular complexity index is 738. The molecule has 0 spiro atoms. The zero-order valence-electron chi connectivity index (χ0n) is 14.1. The van der Waals surface area contributed by atoms with Crippen molar-refractivity contribution in [2.75, 3.05) is 18.4 Å². The minimum absolute atomic E-state index is 0.0181. The second-order valence-corrected chi connectivity index (χ2v) is 6.33. The van der Waals surface area contributed by atoms with Crippen LogP contribution in [0.4, 0.5) is 5.69 Å². The lowest BCUT2D eigenvalue weighted by Gasteiger charge is -2.18. The number of benzene rings is 2. The maximum Gasteiger partial charge on any atom is 0.255 e. The zero-order chi connectivity index (χ0) is 17.7. The van der Waals surface area contributed by atoms with Crippen LogP contribution in [-0.2, 0) is 0 Å². The molecule has 0 heterocycles. The van der Waals surface area contributed by atoms with Crippen molar-refractivity contribution in [1.29, 1.82) is 0 Å². The Morgan fingerprint density at radius 3 is 2.12 bits per heavy atom. The number of nitrogens with zero attached hydrogens (tertiary/aromatic N) is 1. The quantitative estimate of drug-likeness (QED) is 0.819. The lowest BCUT2D eigenvalue weighted by Crippen LogP contribution is -2.30. The van der Waals surface area contributed by atoms with Crippen molar-refractivity contribution in [2.24, 2.45) is 0 Å². The summed E-state index contributed by atoms with van der Waals surface area (Å²) in [4.78, 5) is 26.3. The van der Waals surface area contributed by atoms with E-state index >= 15 is 0 Å². The van der Waals surface area contributed by atoms with Gasteiger partial charge >= 0.3 is 0 Å². The van der Waals surface area contributed by atoms with Crippen LogP contribution in [0.2, 0.25) is 0 Å². The van der Waals surface area contributed by atoms with Crippen molar-refractivity contribution in [3.63, 3.8) is 0 Å². The third-order valence-electron chi connectivity index (χ3n) is 3.86. The van der Waals surface area contributed by atoms with Crippen molar-refractivity contribution >= 4 is 33.4 Å². The number of hydrogen-bond acceptors (Lipinski definition) is 2. The minimum Gasteiger partial charge on any atom is -0.339 e. The predicted octanol–water partition coefficient (Wildman–Crippen LogP) is 4.49. The number of anilines is 1. The van der Waals surface area contributed by atoms with Crippen LogP contribution in [0.1, 0.15) is 40.1 Å². The van der Waals surface area contributed by atoms with E-state index in [0.29, 0.717) is 24.2 Å². The first kappa shape index (κ1) is 18.2. The normalized spacial score (nSPS) is 10.3. The number of carbonyl (C=O) groups is 2. The van der Waals surface area contributed by atoms with E-state index in [4.69, 9.17) is 0 Å². The first-order valence-electron chi connectivity index (χ1n) is 7.93. The van der Waals surface area contributed by atoms with Gasteiger partial charge in [0.05, 0.1) is 0 Å². The van der Waals surface area contributed by atoms with Crippen LogP contribution in [0.25, 0.3) is 0 Å². The van der Waals surface area contributed by atoms with Gasteiger partial charge in [0.2, 0.25) is 0 Å². The van der Waals surface area contributed by atoms with Crippen LogP contribution in [-0.4, -0.2) is 29.8 Å². The van der Waals surface area contributed by atoms with E-state index < -0.39 is 0 Å². The smallest absolute Gasteiger partial charge is 0.255 e. The summed E-state index contributed by atoms with van der Waals surface area (Å²) < 4.78 is 1.000. The Kier molecular flexibility index (Phi) is 6.15. The summed E-state index contributed by atoms with van der Waals surface area (Å²) in [6.07, 6.45) is 0. The van der Waals surface area contributed by atoms with Gasteiger partial charge in [-0.3, -0.25) is 9.59 Å². The van der Waals surface area contributed by atoms with Crippen molar-refractivity contribution in [2.45, 2.75) is 20.8 Å². The topological polar surface area (TPSA) is 49.4 Å². The highest BCUT2D eigenvalue weighted by molar-refractivity contribution is 9.10. The molecule has 0 aliphatic rings. The summed E-state index contributed by atoms with van der Waals surface area (Å²) in [6, 6.07) is 12.4. The molecule has 0 aliphatic carbocycles. The fraction of sp³-hybridized carbons (Fsp3) is 0.263. The molecule has 4 nitrogen and oxygen atoms in total. The van der Waals surface area contributed by atoms with Gasteiger partial charge in [-0.1, -0.05) is 15.9 Å². The fourth-order valence-corrected chi connectivity index (χ4v) is 2.63. The SMILES string of the molecule is CCN(CC)C(=O)c1ccc(C(=O)Nc2ccc(Br)c(C)c2)cc1. The van der Waals surface area contributed by atoms with Crippen molar-refractivity contribution < 1.29 is 9.59 Å². The zero-order valence-corrected chi connectivity index (χ0v) is 15.7. The van der Waals surface area contributed by atoms with Gasteiger partial charge in [-0.2, -0.15) is 0 Å². The van der Waals surface area contributed by atoms with Gasteiger partial charge in [0.1, 0.15) is 0 Å². The van der Waals surface area contributed by atoms with Crippen LogP contribution >= 0.6 is 15.9 Å². The van der Waals surface area contributed by atoms with E-state index in [2.05, 4.69) is 21.2 Å². The van der Waals surface area contributed by atoms with Crippen LogP contribution in [0.15, 0.2) is 46.9 Å². The number of halogens is 1. The summed E-state index contributed by atoms with van der Waals surface area (Å²) in [7, 11) is 0. The van der Waals surface area contributed by atoms with E-state index in [1.54, 1.807) is 29.2 Å². The van der Waals surface area contributed by atoms with E-state index in [1.165, 1.54) is 0 Å². The summed E-state index contributed by atoms with van der Waals surface area (Å²) in [5, 5.41) is 2.86.